The zero-order chi connectivity index (χ0) is 16.6. The highest BCUT2D eigenvalue weighted by Gasteiger charge is 2.18. The van der Waals surface area contributed by atoms with E-state index >= 15 is 0 Å². The van der Waals surface area contributed by atoms with E-state index in [9.17, 15) is 9.90 Å². The van der Waals surface area contributed by atoms with Gasteiger partial charge in [-0.3, -0.25) is 0 Å². The molecule has 2 heterocycles. The van der Waals surface area contributed by atoms with Crippen LogP contribution in [0.5, 0.6) is 11.5 Å². The summed E-state index contributed by atoms with van der Waals surface area (Å²) in [7, 11) is 1.54. The van der Waals surface area contributed by atoms with Crippen molar-refractivity contribution in [3.05, 3.63) is 45.8 Å². The predicted octanol–water partition coefficient (Wildman–Crippen LogP) is 3.36. The number of rotatable bonds is 4. The molecule has 6 nitrogen and oxygen atoms in total. The lowest BCUT2D eigenvalue weighted by atomic mass is 10.1. The first kappa shape index (κ1) is 15.2. The van der Waals surface area contributed by atoms with E-state index in [-0.39, 0.29) is 23.9 Å². The Kier molecular flexibility index (Phi) is 3.83. The quantitative estimate of drug-likeness (QED) is 0.743. The van der Waals surface area contributed by atoms with E-state index in [1.54, 1.807) is 25.1 Å². The highest BCUT2D eigenvalue weighted by molar-refractivity contribution is 5.83. The third-order valence-corrected chi connectivity index (χ3v) is 3.61. The molecule has 2 aromatic heterocycles. The summed E-state index contributed by atoms with van der Waals surface area (Å²) in [6, 6.07) is 7.08. The maximum absolute atomic E-state index is 11.8. The smallest absolute Gasteiger partial charge is 0.343 e. The fraction of sp³-hybridized carbons (Fsp3) is 0.235. The van der Waals surface area contributed by atoms with E-state index in [1.165, 1.54) is 14.0 Å². The van der Waals surface area contributed by atoms with E-state index in [0.29, 0.717) is 22.7 Å². The molecule has 1 N–H and O–H groups in total. The van der Waals surface area contributed by atoms with Crippen molar-refractivity contribution in [2.24, 2.45) is 0 Å². The van der Waals surface area contributed by atoms with Gasteiger partial charge in [0.05, 0.1) is 5.56 Å². The Balaban J connectivity index is 2.09. The van der Waals surface area contributed by atoms with E-state index < -0.39 is 5.63 Å². The molecular weight excluding hydrogens is 300 g/mol. The molecule has 0 aliphatic heterocycles. The molecule has 0 unspecified atom stereocenters. The van der Waals surface area contributed by atoms with Gasteiger partial charge in [-0.2, -0.15) is 0 Å². The molecule has 0 saturated carbocycles. The summed E-state index contributed by atoms with van der Waals surface area (Å²) in [5, 5.41) is 10.8. The first-order chi connectivity index (χ1) is 11.0. The molecule has 23 heavy (non-hydrogen) atoms. The van der Waals surface area contributed by atoms with Crippen molar-refractivity contribution in [2.45, 2.75) is 13.8 Å². The van der Waals surface area contributed by atoms with Gasteiger partial charge in [0.15, 0.2) is 18.3 Å². The van der Waals surface area contributed by atoms with Crippen LogP contribution in [-0.4, -0.2) is 19.0 Å². The van der Waals surface area contributed by atoms with Crippen LogP contribution >= 0.6 is 0 Å². The highest BCUT2D eigenvalue weighted by Crippen LogP contribution is 2.34. The molecule has 0 spiro atoms. The van der Waals surface area contributed by atoms with Crippen molar-refractivity contribution in [2.75, 3.05) is 13.9 Å². The second-order valence-electron chi connectivity index (χ2n) is 5.18. The van der Waals surface area contributed by atoms with Crippen LogP contribution in [-0.2, 0) is 4.74 Å². The van der Waals surface area contributed by atoms with E-state index in [4.69, 9.17) is 18.3 Å². The Labute approximate surface area is 131 Å². The zero-order valence-corrected chi connectivity index (χ0v) is 13.0. The lowest BCUT2D eigenvalue weighted by Gasteiger charge is -2.05. The summed E-state index contributed by atoms with van der Waals surface area (Å²) in [5.74, 6) is 1.11. The zero-order valence-electron chi connectivity index (χ0n) is 13.0. The number of methoxy groups -OCH3 is 1. The Morgan fingerprint density at radius 2 is 1.91 bits per heavy atom. The minimum atomic E-state index is -0.590. The minimum Gasteiger partial charge on any atom is -0.507 e. The molecule has 1 aromatic carbocycles. The molecular formula is C17H16O6. The third-order valence-electron chi connectivity index (χ3n) is 3.61. The van der Waals surface area contributed by atoms with Gasteiger partial charge in [0.1, 0.15) is 17.1 Å². The lowest BCUT2D eigenvalue weighted by molar-refractivity contribution is 0.0512. The monoisotopic (exact) mass is 316 g/mol. The maximum Gasteiger partial charge on any atom is 0.343 e. The van der Waals surface area contributed by atoms with Crippen molar-refractivity contribution >= 4 is 11.0 Å². The lowest BCUT2D eigenvalue weighted by Crippen LogP contribution is -2.05. The molecule has 3 rings (SSSR count). The van der Waals surface area contributed by atoms with Crippen LogP contribution in [0.15, 0.2) is 37.9 Å². The SMILES string of the molecule is COCOc1ccc2cc(-c3oc(=O)c(C)c(O)c3C)oc2c1. The minimum absolute atomic E-state index is 0.0826. The topological polar surface area (TPSA) is 82.0 Å². The van der Waals surface area contributed by atoms with E-state index in [2.05, 4.69) is 0 Å². The molecule has 120 valence electrons. The van der Waals surface area contributed by atoms with Crippen molar-refractivity contribution in [1.82, 2.24) is 0 Å². The molecule has 0 atom stereocenters. The molecule has 0 radical (unpaired) electrons. The number of fused-ring (bicyclic) bond motifs is 1. The van der Waals surface area contributed by atoms with Gasteiger partial charge in [-0.25, -0.2) is 4.79 Å². The Morgan fingerprint density at radius 3 is 2.65 bits per heavy atom. The maximum atomic E-state index is 11.8. The summed E-state index contributed by atoms with van der Waals surface area (Å²) < 4.78 is 21.2. The standard InChI is InChI=1S/C17H16O6/c1-9-15(18)10(2)17(19)23-16(9)14-6-11-4-5-12(21-8-20-3)7-13(11)22-14/h4-7,18H,8H2,1-3H3. The van der Waals surface area contributed by atoms with Crippen LogP contribution < -0.4 is 10.4 Å². The van der Waals surface area contributed by atoms with Crippen LogP contribution in [0.3, 0.4) is 0 Å². The van der Waals surface area contributed by atoms with Crippen molar-refractivity contribution in [3.8, 4) is 23.0 Å². The fourth-order valence-electron chi connectivity index (χ4n) is 2.31. The van der Waals surface area contributed by atoms with Gasteiger partial charge in [-0.1, -0.05) is 0 Å². The van der Waals surface area contributed by atoms with Crippen LogP contribution in [0.1, 0.15) is 11.1 Å². The van der Waals surface area contributed by atoms with Crippen molar-refractivity contribution in [1.29, 1.82) is 0 Å². The molecule has 0 saturated heterocycles. The number of benzene rings is 1. The van der Waals surface area contributed by atoms with Crippen LogP contribution in [0.2, 0.25) is 0 Å². The summed E-state index contributed by atoms with van der Waals surface area (Å²) in [5.41, 5.74) is 0.623. The number of hydrogen-bond acceptors (Lipinski definition) is 6. The number of hydrogen-bond donors (Lipinski definition) is 1. The summed E-state index contributed by atoms with van der Waals surface area (Å²) in [6.07, 6.45) is 0. The highest BCUT2D eigenvalue weighted by atomic mass is 16.7. The molecule has 6 heteroatoms. The molecule has 0 amide bonds. The van der Waals surface area contributed by atoms with Crippen LogP contribution in [0.25, 0.3) is 22.5 Å². The van der Waals surface area contributed by atoms with Gasteiger partial charge < -0.3 is 23.4 Å². The molecule has 0 aliphatic carbocycles. The van der Waals surface area contributed by atoms with E-state index in [0.717, 1.165) is 5.39 Å². The Hall–Kier alpha value is -2.73. The predicted molar refractivity (Wildman–Crippen MR) is 83.8 cm³/mol. The molecule has 0 fully saturated rings. The largest absolute Gasteiger partial charge is 0.507 e. The normalized spacial score (nSPS) is 11.1. The van der Waals surface area contributed by atoms with Crippen LogP contribution in [0, 0.1) is 13.8 Å². The first-order valence-electron chi connectivity index (χ1n) is 7.00. The molecule has 0 aliphatic rings. The summed E-state index contributed by atoms with van der Waals surface area (Å²) in [6.45, 7) is 3.32. The van der Waals surface area contributed by atoms with E-state index in [1.807, 2.05) is 6.07 Å². The average molecular weight is 316 g/mol. The van der Waals surface area contributed by atoms with Crippen molar-refractivity contribution in [3.63, 3.8) is 0 Å². The molecule has 0 bridgehead atoms. The van der Waals surface area contributed by atoms with Gasteiger partial charge in [0, 0.05) is 24.1 Å². The number of furan rings is 1. The third kappa shape index (κ3) is 2.68. The number of ether oxygens (including phenoxy) is 2. The Bertz CT molecular complexity index is 919. The average Bonchev–Trinajstić information content (AvgIpc) is 2.97. The van der Waals surface area contributed by atoms with Gasteiger partial charge >= 0.3 is 5.63 Å². The van der Waals surface area contributed by atoms with Gasteiger partial charge in [0.25, 0.3) is 0 Å². The second-order valence-corrected chi connectivity index (χ2v) is 5.18. The summed E-state index contributed by atoms with van der Waals surface area (Å²) >= 11 is 0. The second kappa shape index (κ2) is 5.81. The van der Waals surface area contributed by atoms with Gasteiger partial charge in [-0.15, -0.1) is 0 Å². The number of aromatic hydroxyl groups is 1. The first-order valence-corrected chi connectivity index (χ1v) is 7.00. The van der Waals surface area contributed by atoms with Crippen molar-refractivity contribution < 1.29 is 23.4 Å². The Morgan fingerprint density at radius 1 is 1.13 bits per heavy atom. The van der Waals surface area contributed by atoms with Crippen LogP contribution in [0.4, 0.5) is 0 Å². The summed E-state index contributed by atoms with van der Waals surface area (Å²) in [4.78, 5) is 11.8. The molecule has 3 aromatic rings. The van der Waals surface area contributed by atoms with Gasteiger partial charge in [-0.05, 0) is 32.0 Å². The van der Waals surface area contributed by atoms with Gasteiger partial charge in [0.2, 0.25) is 0 Å². The fourth-order valence-corrected chi connectivity index (χ4v) is 2.31.